The van der Waals surface area contributed by atoms with Crippen molar-refractivity contribution < 1.29 is 51.6 Å². The summed E-state index contributed by atoms with van der Waals surface area (Å²) in [6.45, 7) is -0.955. The lowest BCUT2D eigenvalue weighted by Gasteiger charge is -2.07. The minimum absolute atomic E-state index is 0.324. The number of rotatable bonds is 12. The molecule has 0 fully saturated rings. The van der Waals surface area contributed by atoms with Crippen molar-refractivity contribution in [3.8, 4) is 11.5 Å². The third-order valence-electron chi connectivity index (χ3n) is 4.45. The van der Waals surface area contributed by atoms with E-state index in [9.17, 15) is 14.4 Å². The van der Waals surface area contributed by atoms with Crippen molar-refractivity contribution in [1.29, 1.82) is 0 Å². The Morgan fingerprint density at radius 3 is 1.63 bits per heavy atom. The first-order valence-electron chi connectivity index (χ1n) is 11.2. The van der Waals surface area contributed by atoms with E-state index in [-0.39, 0.29) is 0 Å². The summed E-state index contributed by atoms with van der Waals surface area (Å²) in [6.07, 6.45) is 2.85. The zero-order valence-electron chi connectivity index (χ0n) is 20.9. The molecule has 0 saturated carbocycles. The van der Waals surface area contributed by atoms with Crippen molar-refractivity contribution in [3.05, 3.63) is 89.5 Å². The van der Waals surface area contributed by atoms with Gasteiger partial charge in [-0.1, -0.05) is 24.3 Å². The average molecular weight is 589 g/mol. The second-order valence-corrected chi connectivity index (χ2v) is 8.43. The standard InChI is InChI=1S/C25H22N4O7.H2O4S/c30-23(31)15-35-21-7-3-1-5-18(21)13-26-28-20-11-9-17(10-12-20)25(34)29-27-14-19-6-2-4-8-22(19)36-16-24(32)33;1-5(2,3)4/h1-14,28H,15-16H2,(H,29,34)(H,30,31)(H,32,33);(H2,1,2,3,4)/b26-13+,27-14+;. The molecule has 1 amide bonds. The highest BCUT2D eigenvalue weighted by Gasteiger charge is 2.07. The van der Waals surface area contributed by atoms with Crippen LogP contribution in [0.25, 0.3) is 0 Å². The number of anilines is 1. The van der Waals surface area contributed by atoms with Gasteiger partial charge in [-0.15, -0.1) is 0 Å². The highest BCUT2D eigenvalue weighted by Crippen LogP contribution is 2.17. The number of carbonyl (C=O) groups is 3. The average Bonchev–Trinajstić information content (AvgIpc) is 2.91. The summed E-state index contributed by atoms with van der Waals surface area (Å²) in [7, 11) is -4.67. The molecule has 0 aliphatic carbocycles. The fourth-order valence-electron chi connectivity index (χ4n) is 2.81. The van der Waals surface area contributed by atoms with Crippen LogP contribution in [-0.4, -0.2) is 71.2 Å². The van der Waals surface area contributed by atoms with Gasteiger partial charge in [0.25, 0.3) is 5.91 Å². The van der Waals surface area contributed by atoms with Gasteiger partial charge in [-0.05, 0) is 48.5 Å². The molecule has 0 heterocycles. The minimum atomic E-state index is -4.67. The lowest BCUT2D eigenvalue weighted by molar-refractivity contribution is -0.140. The molecule has 0 aliphatic heterocycles. The van der Waals surface area contributed by atoms with Crippen molar-refractivity contribution in [2.75, 3.05) is 18.6 Å². The Morgan fingerprint density at radius 2 is 1.17 bits per heavy atom. The molecule has 0 aliphatic rings. The number of nitrogens with zero attached hydrogens (tertiary/aromatic N) is 2. The van der Waals surface area contributed by atoms with Gasteiger partial charge >= 0.3 is 22.3 Å². The maximum Gasteiger partial charge on any atom is 0.394 e. The topological polar surface area (TPSA) is 234 Å². The summed E-state index contributed by atoms with van der Waals surface area (Å²) in [5.74, 6) is -1.92. The van der Waals surface area contributed by atoms with E-state index in [4.69, 9.17) is 37.2 Å². The quantitative estimate of drug-likeness (QED) is 0.101. The van der Waals surface area contributed by atoms with Gasteiger partial charge in [0.15, 0.2) is 13.2 Å². The summed E-state index contributed by atoms with van der Waals surface area (Å²) < 4.78 is 42.0. The molecule has 0 bridgehead atoms. The number of carboxylic acids is 2. The van der Waals surface area contributed by atoms with Gasteiger partial charge in [0.1, 0.15) is 11.5 Å². The zero-order valence-corrected chi connectivity index (χ0v) is 21.8. The summed E-state index contributed by atoms with van der Waals surface area (Å²) in [5.41, 5.74) is 7.29. The van der Waals surface area contributed by atoms with E-state index >= 15 is 0 Å². The van der Waals surface area contributed by atoms with E-state index in [2.05, 4.69) is 21.1 Å². The van der Waals surface area contributed by atoms with Gasteiger partial charge in [-0.3, -0.25) is 19.3 Å². The Hall–Kier alpha value is -5.32. The van der Waals surface area contributed by atoms with Crippen LogP contribution in [0, 0.1) is 0 Å². The molecule has 3 aromatic carbocycles. The van der Waals surface area contributed by atoms with Crippen LogP contribution in [0.15, 0.2) is 83.0 Å². The van der Waals surface area contributed by atoms with Crippen molar-refractivity contribution in [2.24, 2.45) is 10.2 Å². The van der Waals surface area contributed by atoms with Crippen molar-refractivity contribution >= 4 is 46.4 Å². The summed E-state index contributed by atoms with van der Waals surface area (Å²) in [5, 5.41) is 25.5. The third kappa shape index (κ3) is 13.3. The Kier molecular flexibility index (Phi) is 12.4. The third-order valence-corrected chi connectivity index (χ3v) is 4.45. The molecule has 0 radical (unpaired) electrons. The van der Waals surface area contributed by atoms with Crippen LogP contribution in [0.1, 0.15) is 21.5 Å². The minimum Gasteiger partial charge on any atom is -0.481 e. The normalized spacial score (nSPS) is 10.9. The van der Waals surface area contributed by atoms with Crippen LogP contribution in [0.5, 0.6) is 11.5 Å². The second kappa shape index (κ2) is 15.9. The molecule has 0 atom stereocenters. The molecular formula is C25H24N4O11S. The summed E-state index contributed by atoms with van der Waals surface area (Å²) in [6, 6.07) is 20.0. The molecular weight excluding hydrogens is 564 g/mol. The Labute approximate surface area is 233 Å². The van der Waals surface area contributed by atoms with Crippen LogP contribution < -0.4 is 20.3 Å². The number of amides is 1. The highest BCUT2D eigenvalue weighted by atomic mass is 32.3. The first-order chi connectivity index (χ1) is 19.4. The van der Waals surface area contributed by atoms with Crippen LogP contribution >= 0.6 is 0 Å². The molecule has 3 rings (SSSR count). The van der Waals surface area contributed by atoms with Gasteiger partial charge in [0.05, 0.1) is 18.1 Å². The zero-order chi connectivity index (χ0) is 30.3. The Balaban J connectivity index is 0.00000108. The molecule has 3 aromatic rings. The maximum absolute atomic E-state index is 12.4. The number of aliphatic carboxylic acids is 2. The van der Waals surface area contributed by atoms with Crippen molar-refractivity contribution in [3.63, 3.8) is 0 Å². The molecule has 216 valence electrons. The van der Waals surface area contributed by atoms with Gasteiger partial charge in [0, 0.05) is 16.7 Å². The molecule has 0 aromatic heterocycles. The van der Waals surface area contributed by atoms with E-state index in [0.29, 0.717) is 33.9 Å². The van der Waals surface area contributed by atoms with Crippen LogP contribution in [0.3, 0.4) is 0 Å². The smallest absolute Gasteiger partial charge is 0.394 e. The van der Waals surface area contributed by atoms with Crippen molar-refractivity contribution in [2.45, 2.75) is 0 Å². The number of carboxylic acid groups (broad SMARTS) is 2. The number of hydrogen-bond acceptors (Lipinski definition) is 10. The fourth-order valence-corrected chi connectivity index (χ4v) is 2.81. The monoisotopic (exact) mass is 588 g/mol. The number of para-hydroxylation sites is 2. The number of hydrogen-bond donors (Lipinski definition) is 6. The van der Waals surface area contributed by atoms with Crippen LogP contribution in [0.4, 0.5) is 5.69 Å². The molecule has 0 spiro atoms. The number of benzene rings is 3. The Morgan fingerprint density at radius 1 is 0.732 bits per heavy atom. The molecule has 15 nitrogen and oxygen atoms in total. The molecule has 16 heteroatoms. The largest absolute Gasteiger partial charge is 0.481 e. The molecule has 6 N–H and O–H groups in total. The van der Waals surface area contributed by atoms with Gasteiger partial charge < -0.3 is 19.7 Å². The van der Waals surface area contributed by atoms with Gasteiger partial charge in [-0.25, -0.2) is 15.0 Å². The second-order valence-electron chi connectivity index (χ2n) is 7.53. The van der Waals surface area contributed by atoms with Crippen LogP contribution in [0.2, 0.25) is 0 Å². The predicted octanol–water partition coefficient (Wildman–Crippen LogP) is 2.17. The fraction of sp³-hybridized carbons (Fsp3) is 0.0800. The Bertz CT molecular complexity index is 1500. The lowest BCUT2D eigenvalue weighted by atomic mass is 10.2. The number of ether oxygens (including phenoxy) is 2. The van der Waals surface area contributed by atoms with E-state index < -0.39 is 41.5 Å². The first-order valence-corrected chi connectivity index (χ1v) is 12.6. The molecule has 0 saturated heterocycles. The number of hydrazone groups is 2. The number of nitrogens with one attached hydrogen (secondary N) is 2. The van der Waals surface area contributed by atoms with E-state index in [1.54, 1.807) is 72.8 Å². The van der Waals surface area contributed by atoms with E-state index in [1.165, 1.54) is 12.4 Å². The summed E-state index contributed by atoms with van der Waals surface area (Å²) in [4.78, 5) is 33.8. The molecule has 41 heavy (non-hydrogen) atoms. The highest BCUT2D eigenvalue weighted by molar-refractivity contribution is 7.79. The lowest BCUT2D eigenvalue weighted by Crippen LogP contribution is -2.17. The maximum atomic E-state index is 12.4. The van der Waals surface area contributed by atoms with Gasteiger partial charge in [-0.2, -0.15) is 18.6 Å². The summed E-state index contributed by atoms with van der Waals surface area (Å²) >= 11 is 0. The van der Waals surface area contributed by atoms with Crippen LogP contribution in [-0.2, 0) is 20.0 Å². The molecule has 0 unspecified atom stereocenters. The SMILES string of the molecule is O=C(O)COc1ccccc1/C=N/NC(=O)c1ccc(N/N=C/c2ccccc2OCC(=O)O)cc1.O=S(=O)(O)O. The first kappa shape index (κ1) is 31.9. The number of carbonyl (C=O) groups excluding carboxylic acids is 1. The van der Waals surface area contributed by atoms with Gasteiger partial charge in [0.2, 0.25) is 0 Å². The van der Waals surface area contributed by atoms with Crippen molar-refractivity contribution in [1.82, 2.24) is 5.43 Å². The van der Waals surface area contributed by atoms with E-state index in [0.717, 1.165) is 0 Å². The van der Waals surface area contributed by atoms with E-state index in [1.807, 2.05) is 0 Å². The predicted molar refractivity (Wildman–Crippen MR) is 146 cm³/mol.